The SMILES string of the molecule is CCNC(=O)NC(=O)CN1CCC2CCC(C1)N2.Cl. The maximum atomic E-state index is 11.7. The number of amides is 3. The second-order valence-electron chi connectivity index (χ2n) is 5.07. The van der Waals surface area contributed by atoms with Gasteiger partial charge in [-0.3, -0.25) is 15.0 Å². The Morgan fingerprint density at radius 1 is 1.26 bits per heavy atom. The van der Waals surface area contributed by atoms with Crippen molar-refractivity contribution in [2.45, 2.75) is 38.3 Å². The molecule has 2 bridgehead atoms. The van der Waals surface area contributed by atoms with Crippen LogP contribution in [0.1, 0.15) is 26.2 Å². The number of rotatable bonds is 3. The molecule has 2 unspecified atom stereocenters. The van der Waals surface area contributed by atoms with Crippen LogP contribution in [0.15, 0.2) is 0 Å². The number of hydrogen-bond acceptors (Lipinski definition) is 4. The zero-order valence-corrected chi connectivity index (χ0v) is 12.1. The minimum absolute atomic E-state index is 0. The lowest BCUT2D eigenvalue weighted by Gasteiger charge is -2.22. The Labute approximate surface area is 120 Å². The number of carbonyl (C=O) groups excluding carboxylic acids is 2. The van der Waals surface area contributed by atoms with Crippen LogP contribution in [0.5, 0.6) is 0 Å². The molecule has 2 aliphatic rings. The fraction of sp³-hybridized carbons (Fsp3) is 0.833. The smallest absolute Gasteiger partial charge is 0.321 e. The maximum Gasteiger partial charge on any atom is 0.321 e. The molecule has 0 aromatic rings. The van der Waals surface area contributed by atoms with Crippen LogP contribution in [0.2, 0.25) is 0 Å². The Hall–Kier alpha value is -0.850. The Bertz CT molecular complexity index is 327. The third-order valence-corrected chi connectivity index (χ3v) is 3.56. The van der Waals surface area contributed by atoms with Gasteiger partial charge in [0.15, 0.2) is 0 Å². The van der Waals surface area contributed by atoms with Crippen molar-refractivity contribution in [2.24, 2.45) is 0 Å². The van der Waals surface area contributed by atoms with Gasteiger partial charge in [-0.15, -0.1) is 12.4 Å². The summed E-state index contributed by atoms with van der Waals surface area (Å²) in [6, 6.07) is 0.721. The van der Waals surface area contributed by atoms with Crippen LogP contribution in [0.25, 0.3) is 0 Å². The average Bonchev–Trinajstić information content (AvgIpc) is 2.63. The molecule has 2 fully saturated rings. The highest BCUT2D eigenvalue weighted by atomic mass is 35.5. The molecule has 0 radical (unpaired) electrons. The van der Waals surface area contributed by atoms with Gasteiger partial charge in [0.2, 0.25) is 5.91 Å². The molecule has 2 atom stereocenters. The van der Waals surface area contributed by atoms with Crippen LogP contribution in [-0.4, -0.2) is 55.1 Å². The molecule has 3 N–H and O–H groups in total. The summed E-state index contributed by atoms with van der Waals surface area (Å²) in [5, 5.41) is 8.46. The number of carbonyl (C=O) groups is 2. The van der Waals surface area contributed by atoms with Crippen LogP contribution in [0, 0.1) is 0 Å². The largest absolute Gasteiger partial charge is 0.338 e. The van der Waals surface area contributed by atoms with E-state index >= 15 is 0 Å². The van der Waals surface area contributed by atoms with Crippen LogP contribution in [-0.2, 0) is 4.79 Å². The summed E-state index contributed by atoms with van der Waals surface area (Å²) in [6.07, 6.45) is 3.54. The van der Waals surface area contributed by atoms with E-state index in [-0.39, 0.29) is 18.3 Å². The lowest BCUT2D eigenvalue weighted by Crippen LogP contribution is -2.46. The van der Waals surface area contributed by atoms with Gasteiger partial charge in [-0.1, -0.05) is 0 Å². The van der Waals surface area contributed by atoms with Crippen molar-refractivity contribution < 1.29 is 9.59 Å². The molecule has 0 aromatic carbocycles. The van der Waals surface area contributed by atoms with Crippen molar-refractivity contribution in [3.8, 4) is 0 Å². The number of halogens is 1. The summed E-state index contributed by atoms with van der Waals surface area (Å²) in [6.45, 7) is 4.48. The normalized spacial score (nSPS) is 26.2. The van der Waals surface area contributed by atoms with E-state index in [2.05, 4.69) is 20.9 Å². The van der Waals surface area contributed by atoms with Crippen molar-refractivity contribution >= 4 is 24.3 Å². The summed E-state index contributed by atoms with van der Waals surface area (Å²) in [5.74, 6) is -0.223. The molecule has 2 aliphatic heterocycles. The Balaban J connectivity index is 0.00000180. The molecule has 2 saturated heterocycles. The van der Waals surface area contributed by atoms with Gasteiger partial charge < -0.3 is 10.6 Å². The lowest BCUT2D eigenvalue weighted by atomic mass is 10.1. The summed E-state index contributed by atoms with van der Waals surface area (Å²) >= 11 is 0. The van der Waals surface area contributed by atoms with Gasteiger partial charge in [-0.25, -0.2) is 4.79 Å². The third kappa shape index (κ3) is 4.97. The zero-order valence-electron chi connectivity index (χ0n) is 11.3. The van der Waals surface area contributed by atoms with Gasteiger partial charge >= 0.3 is 6.03 Å². The molecule has 2 rings (SSSR count). The van der Waals surface area contributed by atoms with E-state index in [1.165, 1.54) is 12.8 Å². The molecule has 3 amide bonds. The number of nitrogens with zero attached hydrogens (tertiary/aromatic N) is 1. The van der Waals surface area contributed by atoms with Crippen LogP contribution < -0.4 is 16.0 Å². The van der Waals surface area contributed by atoms with E-state index in [9.17, 15) is 9.59 Å². The summed E-state index contributed by atoms with van der Waals surface area (Å²) in [4.78, 5) is 25.0. The Kier molecular flexibility index (Phi) is 6.54. The standard InChI is InChI=1S/C12H22N4O2.ClH/c1-2-13-12(18)15-11(17)8-16-6-5-9-3-4-10(7-16)14-9;/h9-10,14H,2-8H2,1H3,(H2,13,15,17,18);1H. The molecular formula is C12H23ClN4O2. The van der Waals surface area contributed by atoms with Crippen LogP contribution in [0.3, 0.4) is 0 Å². The van der Waals surface area contributed by atoms with Gasteiger partial charge in [0.1, 0.15) is 0 Å². The molecule has 19 heavy (non-hydrogen) atoms. The van der Waals surface area contributed by atoms with E-state index in [0.29, 0.717) is 25.2 Å². The van der Waals surface area contributed by atoms with Crippen LogP contribution in [0.4, 0.5) is 4.79 Å². The molecule has 0 aliphatic carbocycles. The second kappa shape index (κ2) is 7.67. The van der Waals surface area contributed by atoms with Gasteiger partial charge in [0, 0.05) is 31.7 Å². The average molecular weight is 291 g/mol. The van der Waals surface area contributed by atoms with E-state index in [0.717, 1.165) is 19.5 Å². The maximum absolute atomic E-state index is 11.7. The first-order valence-corrected chi connectivity index (χ1v) is 6.73. The number of fused-ring (bicyclic) bond motifs is 2. The fourth-order valence-electron chi connectivity index (χ4n) is 2.73. The zero-order chi connectivity index (χ0) is 13.0. The second-order valence-corrected chi connectivity index (χ2v) is 5.07. The molecule has 110 valence electrons. The van der Waals surface area contributed by atoms with E-state index < -0.39 is 6.03 Å². The van der Waals surface area contributed by atoms with E-state index in [1.54, 1.807) is 0 Å². The van der Waals surface area contributed by atoms with E-state index in [1.807, 2.05) is 6.92 Å². The number of hydrogen-bond donors (Lipinski definition) is 3. The molecule has 0 aromatic heterocycles. The van der Waals surface area contributed by atoms with Gasteiger partial charge in [-0.05, 0) is 26.2 Å². The molecular weight excluding hydrogens is 268 g/mol. The Morgan fingerprint density at radius 3 is 2.74 bits per heavy atom. The minimum atomic E-state index is -0.406. The van der Waals surface area contributed by atoms with Crippen molar-refractivity contribution in [1.29, 1.82) is 0 Å². The van der Waals surface area contributed by atoms with Crippen molar-refractivity contribution in [3.05, 3.63) is 0 Å². The molecule has 0 saturated carbocycles. The minimum Gasteiger partial charge on any atom is -0.338 e. The van der Waals surface area contributed by atoms with E-state index in [4.69, 9.17) is 0 Å². The third-order valence-electron chi connectivity index (χ3n) is 3.56. The highest BCUT2D eigenvalue weighted by Gasteiger charge is 2.29. The quantitative estimate of drug-likeness (QED) is 0.688. The van der Waals surface area contributed by atoms with Gasteiger partial charge in [0.25, 0.3) is 0 Å². The molecule has 6 nitrogen and oxygen atoms in total. The number of nitrogens with one attached hydrogen (secondary N) is 3. The lowest BCUT2D eigenvalue weighted by molar-refractivity contribution is -0.121. The molecule has 2 heterocycles. The van der Waals surface area contributed by atoms with Gasteiger partial charge in [-0.2, -0.15) is 0 Å². The topological polar surface area (TPSA) is 73.5 Å². The van der Waals surface area contributed by atoms with Crippen molar-refractivity contribution in [3.63, 3.8) is 0 Å². The van der Waals surface area contributed by atoms with Gasteiger partial charge in [0.05, 0.1) is 6.54 Å². The fourth-order valence-corrected chi connectivity index (χ4v) is 2.73. The number of urea groups is 1. The highest BCUT2D eigenvalue weighted by molar-refractivity contribution is 5.95. The van der Waals surface area contributed by atoms with Crippen LogP contribution >= 0.6 is 12.4 Å². The first-order valence-electron chi connectivity index (χ1n) is 6.73. The number of likely N-dealkylation sites (tertiary alicyclic amines) is 1. The van der Waals surface area contributed by atoms with Crippen molar-refractivity contribution in [1.82, 2.24) is 20.9 Å². The predicted molar refractivity (Wildman–Crippen MR) is 75.5 cm³/mol. The number of imide groups is 1. The first kappa shape index (κ1) is 16.2. The summed E-state index contributed by atoms with van der Waals surface area (Å²) in [7, 11) is 0. The predicted octanol–water partition coefficient (Wildman–Crippen LogP) is 0.0802. The molecule has 7 heteroatoms. The summed E-state index contributed by atoms with van der Waals surface area (Å²) in [5.41, 5.74) is 0. The Morgan fingerprint density at radius 2 is 2.00 bits per heavy atom. The monoisotopic (exact) mass is 290 g/mol. The highest BCUT2D eigenvalue weighted by Crippen LogP contribution is 2.19. The molecule has 0 spiro atoms. The summed E-state index contributed by atoms with van der Waals surface area (Å²) < 4.78 is 0. The first-order chi connectivity index (χ1) is 8.67. The van der Waals surface area contributed by atoms with Crippen molar-refractivity contribution in [2.75, 3.05) is 26.2 Å².